The number of rotatable bonds is 3. The first kappa shape index (κ1) is 17.5. The van der Waals surface area contributed by atoms with E-state index < -0.39 is 0 Å². The molecule has 1 amide bonds. The molecule has 2 aliphatic rings. The number of piperidine rings is 1. The molecule has 0 radical (unpaired) electrons. The maximum Gasteiger partial charge on any atom is 0.223 e. The van der Waals surface area contributed by atoms with E-state index in [-0.39, 0.29) is 0 Å². The van der Waals surface area contributed by atoms with Gasteiger partial charge in [-0.2, -0.15) is 5.10 Å². The highest BCUT2D eigenvalue weighted by atomic mass is 16.2. The summed E-state index contributed by atoms with van der Waals surface area (Å²) in [5.41, 5.74) is 5.18. The molecule has 3 heterocycles. The smallest absolute Gasteiger partial charge is 0.223 e. The predicted octanol–water partition coefficient (Wildman–Crippen LogP) is 3.77. The number of nitrogens with zero attached hydrogens (tertiary/aromatic N) is 4. The Morgan fingerprint density at radius 3 is 2.77 bits per heavy atom. The van der Waals surface area contributed by atoms with Crippen LogP contribution in [0.5, 0.6) is 0 Å². The van der Waals surface area contributed by atoms with Crippen LogP contribution in [-0.4, -0.2) is 38.0 Å². The predicted molar refractivity (Wildman–Crippen MR) is 102 cm³/mol. The number of carbonyl (C=O) groups is 1. The summed E-state index contributed by atoms with van der Waals surface area (Å²) in [7, 11) is 0. The minimum atomic E-state index is 0.331. The average Bonchev–Trinajstić information content (AvgIpc) is 3.01. The number of aryl methyl sites for hydroxylation is 3. The fraction of sp³-hybridized carbons (Fsp3) is 0.667. The molecule has 4 rings (SSSR count). The zero-order chi connectivity index (χ0) is 18.3. The molecular formula is C21H30N4O. The number of aromatic nitrogens is 3. The van der Waals surface area contributed by atoms with E-state index in [1.54, 1.807) is 0 Å². The summed E-state index contributed by atoms with van der Waals surface area (Å²) in [6.45, 7) is 7.08. The van der Waals surface area contributed by atoms with E-state index in [0.29, 0.717) is 18.4 Å². The van der Waals surface area contributed by atoms with Gasteiger partial charge in [0.25, 0.3) is 0 Å². The lowest BCUT2D eigenvalue weighted by Crippen LogP contribution is -2.49. The van der Waals surface area contributed by atoms with Crippen molar-refractivity contribution in [2.75, 3.05) is 6.54 Å². The second-order valence-corrected chi connectivity index (χ2v) is 8.16. The number of fused-ring (bicyclic) bond motifs is 2. The minimum Gasteiger partial charge on any atom is -0.339 e. The Hall–Kier alpha value is -1.91. The van der Waals surface area contributed by atoms with Gasteiger partial charge in [-0.3, -0.25) is 4.79 Å². The Bertz CT molecular complexity index is 823. The van der Waals surface area contributed by atoms with Crippen LogP contribution in [0.3, 0.4) is 0 Å². The Morgan fingerprint density at radius 2 is 1.92 bits per heavy atom. The van der Waals surface area contributed by atoms with Crippen molar-refractivity contribution in [2.24, 2.45) is 5.92 Å². The van der Waals surface area contributed by atoms with E-state index in [9.17, 15) is 4.79 Å². The standard InChI is InChI=1S/C21H30N4O/c1-14-13-20-22-15(2)18(16(3)25(20)23-14)10-11-21(26)24-12-6-8-17-7-4-5-9-19(17)24/h13,17,19H,4-12H2,1-3H3/t17-,19+/m0/s1. The molecule has 0 aromatic carbocycles. The van der Waals surface area contributed by atoms with Crippen LogP contribution in [-0.2, 0) is 11.2 Å². The summed E-state index contributed by atoms with van der Waals surface area (Å²) in [5, 5.41) is 4.54. The van der Waals surface area contributed by atoms with Crippen molar-refractivity contribution in [3.05, 3.63) is 28.7 Å². The third-order valence-corrected chi connectivity index (χ3v) is 6.44. The SMILES string of the molecule is Cc1cc2nc(C)c(CCC(=O)N3CCC[C@@H]4CCCC[C@H]43)c(C)n2n1. The third kappa shape index (κ3) is 3.12. The van der Waals surface area contributed by atoms with E-state index in [2.05, 4.69) is 21.9 Å². The van der Waals surface area contributed by atoms with Crippen LogP contribution in [0.4, 0.5) is 0 Å². The average molecular weight is 354 g/mol. The Labute approximate surface area is 155 Å². The maximum atomic E-state index is 13.0. The van der Waals surface area contributed by atoms with Crippen LogP contribution in [0, 0.1) is 26.7 Å². The lowest BCUT2D eigenvalue weighted by molar-refractivity contribution is -0.137. The lowest BCUT2D eigenvalue weighted by atomic mass is 9.78. The van der Waals surface area contributed by atoms with Gasteiger partial charge in [0, 0.05) is 36.5 Å². The van der Waals surface area contributed by atoms with Crippen molar-refractivity contribution in [1.29, 1.82) is 0 Å². The van der Waals surface area contributed by atoms with Gasteiger partial charge in [-0.1, -0.05) is 12.8 Å². The molecular weight excluding hydrogens is 324 g/mol. The molecule has 140 valence electrons. The molecule has 1 saturated carbocycles. The molecule has 1 aliphatic heterocycles. The second kappa shape index (κ2) is 7.01. The highest BCUT2D eigenvalue weighted by Gasteiger charge is 2.35. The molecule has 2 atom stereocenters. The molecule has 2 aromatic rings. The summed E-state index contributed by atoms with van der Waals surface area (Å²) in [6, 6.07) is 2.51. The maximum absolute atomic E-state index is 13.0. The number of carbonyl (C=O) groups excluding carboxylic acids is 1. The van der Waals surface area contributed by atoms with Gasteiger partial charge in [-0.05, 0) is 64.4 Å². The van der Waals surface area contributed by atoms with E-state index in [1.807, 2.05) is 24.4 Å². The van der Waals surface area contributed by atoms with Crippen LogP contribution >= 0.6 is 0 Å². The highest BCUT2D eigenvalue weighted by Crippen LogP contribution is 2.35. The fourth-order valence-corrected chi connectivity index (χ4v) is 5.11. The quantitative estimate of drug-likeness (QED) is 0.843. The second-order valence-electron chi connectivity index (χ2n) is 8.16. The molecule has 0 bridgehead atoms. The van der Waals surface area contributed by atoms with E-state index in [1.165, 1.54) is 44.1 Å². The van der Waals surface area contributed by atoms with Gasteiger partial charge < -0.3 is 4.90 Å². The molecule has 0 spiro atoms. The van der Waals surface area contributed by atoms with Crippen LogP contribution in [0.2, 0.25) is 0 Å². The number of hydrogen-bond acceptors (Lipinski definition) is 3. The monoisotopic (exact) mass is 354 g/mol. The third-order valence-electron chi connectivity index (χ3n) is 6.44. The summed E-state index contributed by atoms with van der Waals surface area (Å²) in [4.78, 5) is 19.9. The minimum absolute atomic E-state index is 0.331. The fourth-order valence-electron chi connectivity index (χ4n) is 5.11. The van der Waals surface area contributed by atoms with Crippen LogP contribution in [0.15, 0.2) is 6.07 Å². The Kier molecular flexibility index (Phi) is 4.72. The van der Waals surface area contributed by atoms with Gasteiger partial charge in [-0.15, -0.1) is 0 Å². The molecule has 26 heavy (non-hydrogen) atoms. The number of amides is 1. The van der Waals surface area contributed by atoms with Crippen LogP contribution in [0.1, 0.15) is 67.6 Å². The Balaban J connectivity index is 1.50. The van der Waals surface area contributed by atoms with E-state index in [4.69, 9.17) is 0 Å². The van der Waals surface area contributed by atoms with Crippen molar-refractivity contribution in [3.63, 3.8) is 0 Å². The first-order valence-electron chi connectivity index (χ1n) is 10.2. The van der Waals surface area contributed by atoms with Gasteiger partial charge in [0.2, 0.25) is 5.91 Å². The van der Waals surface area contributed by atoms with Crippen molar-refractivity contribution in [1.82, 2.24) is 19.5 Å². The first-order valence-corrected chi connectivity index (χ1v) is 10.2. The van der Waals surface area contributed by atoms with Gasteiger partial charge in [-0.25, -0.2) is 9.50 Å². The first-order chi connectivity index (χ1) is 12.5. The van der Waals surface area contributed by atoms with Gasteiger partial charge in [0.15, 0.2) is 5.65 Å². The van der Waals surface area contributed by atoms with Gasteiger partial charge in [0.1, 0.15) is 0 Å². The topological polar surface area (TPSA) is 50.5 Å². The van der Waals surface area contributed by atoms with Crippen molar-refractivity contribution >= 4 is 11.6 Å². The number of hydrogen-bond donors (Lipinski definition) is 0. The number of likely N-dealkylation sites (tertiary alicyclic amines) is 1. The molecule has 5 heteroatoms. The summed E-state index contributed by atoms with van der Waals surface area (Å²) in [6.07, 6.45) is 8.96. The normalized spacial score (nSPS) is 23.3. The van der Waals surface area contributed by atoms with Crippen LogP contribution < -0.4 is 0 Å². The zero-order valence-electron chi connectivity index (χ0n) is 16.3. The van der Waals surface area contributed by atoms with Crippen molar-refractivity contribution in [2.45, 2.75) is 78.2 Å². The molecule has 0 unspecified atom stereocenters. The Morgan fingerprint density at radius 1 is 1.15 bits per heavy atom. The lowest BCUT2D eigenvalue weighted by Gasteiger charge is -2.44. The largest absolute Gasteiger partial charge is 0.339 e. The van der Waals surface area contributed by atoms with E-state index >= 15 is 0 Å². The van der Waals surface area contributed by atoms with Gasteiger partial charge >= 0.3 is 0 Å². The van der Waals surface area contributed by atoms with Crippen molar-refractivity contribution < 1.29 is 4.79 Å². The molecule has 1 saturated heterocycles. The summed E-state index contributed by atoms with van der Waals surface area (Å²) >= 11 is 0. The van der Waals surface area contributed by atoms with Gasteiger partial charge in [0.05, 0.1) is 5.69 Å². The zero-order valence-corrected chi connectivity index (χ0v) is 16.3. The van der Waals surface area contributed by atoms with Crippen molar-refractivity contribution in [3.8, 4) is 0 Å². The molecule has 2 aromatic heterocycles. The van der Waals surface area contributed by atoms with Crippen LogP contribution in [0.25, 0.3) is 5.65 Å². The molecule has 2 fully saturated rings. The highest BCUT2D eigenvalue weighted by molar-refractivity contribution is 5.77. The summed E-state index contributed by atoms with van der Waals surface area (Å²) in [5.74, 6) is 1.08. The molecule has 0 N–H and O–H groups in total. The summed E-state index contributed by atoms with van der Waals surface area (Å²) < 4.78 is 1.92. The molecule has 5 nitrogen and oxygen atoms in total. The molecule has 1 aliphatic carbocycles. The van der Waals surface area contributed by atoms with E-state index in [0.717, 1.165) is 41.6 Å².